The fraction of sp³-hybridized carbons (Fsp3) is 0.645. The molecule has 2 saturated heterocycles. The first kappa shape index (κ1) is 26.8. The van der Waals surface area contributed by atoms with Crippen LogP contribution < -0.4 is 10.6 Å². The number of anilines is 1. The van der Waals surface area contributed by atoms with Gasteiger partial charge >= 0.3 is 0 Å². The van der Waals surface area contributed by atoms with E-state index >= 15 is 0 Å². The van der Waals surface area contributed by atoms with Gasteiger partial charge in [0.25, 0.3) is 0 Å². The highest BCUT2D eigenvalue weighted by atomic mass is 35.5. The summed E-state index contributed by atoms with van der Waals surface area (Å²) in [5, 5.41) is 6.91. The van der Waals surface area contributed by atoms with Crippen molar-refractivity contribution in [1.29, 1.82) is 0 Å². The lowest BCUT2D eigenvalue weighted by atomic mass is 9.73. The zero-order valence-electron chi connectivity index (χ0n) is 23.1. The summed E-state index contributed by atoms with van der Waals surface area (Å²) in [5.41, 5.74) is -0.516. The summed E-state index contributed by atoms with van der Waals surface area (Å²) in [5.74, 6) is -0.777. The molecule has 210 valence electrons. The van der Waals surface area contributed by atoms with Crippen LogP contribution in [0.25, 0.3) is 0 Å². The predicted molar refractivity (Wildman–Crippen MR) is 150 cm³/mol. The first-order chi connectivity index (χ1) is 18.7. The third-order valence-corrected chi connectivity index (χ3v) is 10.7. The van der Waals surface area contributed by atoms with Crippen molar-refractivity contribution in [3.05, 3.63) is 41.4 Å². The topological polar surface area (TPSA) is 87.7 Å². The van der Waals surface area contributed by atoms with E-state index in [0.717, 1.165) is 38.5 Å². The lowest BCUT2D eigenvalue weighted by Gasteiger charge is -2.42. The Morgan fingerprint density at radius 1 is 0.974 bits per heavy atom. The second kappa shape index (κ2) is 10.2. The average Bonchev–Trinajstić information content (AvgIpc) is 3.56. The number of carbonyl (C=O) groups excluding carboxylic acids is 3. The number of likely N-dealkylation sites (tertiary alicyclic amines) is 1. The van der Waals surface area contributed by atoms with Crippen LogP contribution in [0.3, 0.4) is 0 Å². The lowest BCUT2D eigenvalue weighted by Crippen LogP contribution is -2.60. The van der Waals surface area contributed by atoms with Crippen LogP contribution in [0.4, 0.5) is 5.69 Å². The Balaban J connectivity index is 1.33. The quantitative estimate of drug-likeness (QED) is 0.505. The van der Waals surface area contributed by atoms with Crippen molar-refractivity contribution in [1.82, 2.24) is 10.2 Å². The molecular formula is C31H40ClN3O4. The average molecular weight is 554 g/mol. The van der Waals surface area contributed by atoms with Gasteiger partial charge < -0.3 is 20.3 Å². The van der Waals surface area contributed by atoms with Crippen molar-refractivity contribution < 1.29 is 19.1 Å². The molecule has 2 aliphatic carbocycles. The molecular weight excluding hydrogens is 514 g/mol. The minimum atomic E-state index is -1.13. The highest BCUT2D eigenvalue weighted by Gasteiger charge is 2.73. The fourth-order valence-corrected chi connectivity index (χ4v) is 8.21. The minimum absolute atomic E-state index is 0.0410. The molecule has 1 aromatic rings. The van der Waals surface area contributed by atoms with E-state index in [-0.39, 0.29) is 35.7 Å². The molecule has 10 atom stereocenters. The zero-order chi connectivity index (χ0) is 27.5. The van der Waals surface area contributed by atoms with Gasteiger partial charge in [0.2, 0.25) is 17.7 Å². The lowest BCUT2D eigenvalue weighted by molar-refractivity contribution is -0.146. The number of fused-ring (bicyclic) bond motifs is 1. The molecule has 2 bridgehead atoms. The number of ether oxygens (including phenoxy) is 1. The smallest absolute Gasteiger partial charge is 0.246 e. The molecule has 5 aliphatic rings. The van der Waals surface area contributed by atoms with Crippen LogP contribution in [0.15, 0.2) is 36.4 Å². The summed E-state index contributed by atoms with van der Waals surface area (Å²) >= 11 is 6.02. The van der Waals surface area contributed by atoms with E-state index < -0.39 is 29.6 Å². The number of hydrogen-bond acceptors (Lipinski definition) is 4. The minimum Gasteiger partial charge on any atom is -0.359 e. The second-order valence-electron chi connectivity index (χ2n) is 12.7. The summed E-state index contributed by atoms with van der Waals surface area (Å²) in [4.78, 5) is 44.2. The van der Waals surface area contributed by atoms with E-state index in [1.165, 1.54) is 6.42 Å². The summed E-state index contributed by atoms with van der Waals surface area (Å²) < 4.78 is 6.56. The third-order valence-electron chi connectivity index (χ3n) is 10.4. The summed E-state index contributed by atoms with van der Waals surface area (Å²) in [6.45, 7) is 6.65. The molecule has 39 heavy (non-hydrogen) atoms. The van der Waals surface area contributed by atoms with Gasteiger partial charge in [0.1, 0.15) is 11.6 Å². The van der Waals surface area contributed by atoms with Gasteiger partial charge in [0.15, 0.2) is 0 Å². The van der Waals surface area contributed by atoms with E-state index in [0.29, 0.717) is 22.5 Å². The molecule has 6 rings (SSSR count). The molecule has 3 amide bonds. The summed E-state index contributed by atoms with van der Waals surface area (Å²) in [7, 11) is 0. The van der Waals surface area contributed by atoms with E-state index in [1.807, 2.05) is 17.1 Å². The Labute approximate surface area is 236 Å². The number of nitrogens with zero attached hydrogens (tertiary/aromatic N) is 1. The highest BCUT2D eigenvalue weighted by Crippen LogP contribution is 2.56. The Morgan fingerprint density at radius 3 is 2.44 bits per heavy atom. The van der Waals surface area contributed by atoms with Crippen LogP contribution in [0.2, 0.25) is 5.02 Å². The molecule has 2 saturated carbocycles. The predicted octanol–water partition coefficient (Wildman–Crippen LogP) is 4.95. The Bertz CT molecular complexity index is 1170. The molecule has 0 radical (unpaired) electrons. The van der Waals surface area contributed by atoms with Crippen LogP contribution in [-0.4, -0.2) is 52.5 Å². The SMILES string of the molecule is C[C@H]1[C@H](C)CCC[C@@H]1NC(=O)[C@@H]1N([C@@H]2CCCC[C@@H]2C)C(=O)[C@H]2[C@@H](C(=O)Nc3ccc(Cl)cc3)[C@H]3C=C[C@@]12O3. The van der Waals surface area contributed by atoms with Gasteiger partial charge in [-0.25, -0.2) is 0 Å². The first-order valence-corrected chi connectivity index (χ1v) is 15.1. The Morgan fingerprint density at radius 2 is 1.69 bits per heavy atom. The van der Waals surface area contributed by atoms with Crippen molar-refractivity contribution in [2.24, 2.45) is 29.6 Å². The van der Waals surface area contributed by atoms with E-state index in [1.54, 1.807) is 24.3 Å². The number of halogens is 1. The number of hydrogen-bond donors (Lipinski definition) is 2. The fourth-order valence-electron chi connectivity index (χ4n) is 8.08. The first-order valence-electron chi connectivity index (χ1n) is 14.8. The van der Waals surface area contributed by atoms with Crippen LogP contribution in [0.5, 0.6) is 0 Å². The van der Waals surface area contributed by atoms with Crippen LogP contribution in [0, 0.1) is 29.6 Å². The Kier molecular flexibility index (Phi) is 7.03. The number of carbonyl (C=O) groups is 3. The van der Waals surface area contributed by atoms with Gasteiger partial charge in [-0.3, -0.25) is 14.4 Å². The van der Waals surface area contributed by atoms with Crippen LogP contribution in [0.1, 0.15) is 65.7 Å². The molecule has 1 aromatic carbocycles. The molecule has 0 unspecified atom stereocenters. The van der Waals surface area contributed by atoms with Crippen LogP contribution >= 0.6 is 11.6 Å². The number of nitrogens with one attached hydrogen (secondary N) is 2. The monoisotopic (exact) mass is 553 g/mol. The van der Waals surface area contributed by atoms with Gasteiger partial charge in [-0.15, -0.1) is 0 Å². The van der Waals surface area contributed by atoms with E-state index in [4.69, 9.17) is 16.3 Å². The highest BCUT2D eigenvalue weighted by molar-refractivity contribution is 6.30. The van der Waals surface area contributed by atoms with Crippen molar-refractivity contribution >= 4 is 35.0 Å². The normalized spacial score (nSPS) is 41.0. The van der Waals surface area contributed by atoms with E-state index in [2.05, 4.69) is 31.4 Å². The van der Waals surface area contributed by atoms with Crippen LogP contribution in [-0.2, 0) is 19.1 Å². The molecule has 8 heteroatoms. The van der Waals surface area contributed by atoms with Gasteiger partial charge in [0.05, 0.1) is 17.9 Å². The summed E-state index contributed by atoms with van der Waals surface area (Å²) in [6, 6.07) is 6.18. The van der Waals surface area contributed by atoms with Gasteiger partial charge in [-0.1, -0.05) is 70.2 Å². The molecule has 2 N–H and O–H groups in total. The largest absolute Gasteiger partial charge is 0.359 e. The van der Waals surface area contributed by atoms with Crippen molar-refractivity contribution in [2.45, 2.75) is 95.5 Å². The molecule has 7 nitrogen and oxygen atoms in total. The van der Waals surface area contributed by atoms with Crippen molar-refractivity contribution in [2.75, 3.05) is 5.32 Å². The number of benzene rings is 1. The standard InChI is InChI=1S/C31H40ClN3O4/c1-17-8-6-9-22(19(17)3)34-29(37)27-31-16-15-24(39-31)25(28(36)33-21-13-11-20(32)12-14-21)26(31)30(38)35(27)23-10-5-4-7-18(23)2/h11-19,22-27H,4-10H2,1-3H3,(H,33,36)(H,34,37)/t17-,18+,19+,22+,23-,24-,25+,26-,27+,31+/m1/s1. The summed E-state index contributed by atoms with van der Waals surface area (Å²) in [6.07, 6.45) is 10.5. The third kappa shape index (κ3) is 4.40. The number of rotatable bonds is 5. The maximum absolute atomic E-state index is 14.4. The zero-order valence-corrected chi connectivity index (χ0v) is 23.8. The van der Waals surface area contributed by atoms with Gasteiger partial charge in [0, 0.05) is 22.8 Å². The molecule has 3 aliphatic heterocycles. The van der Waals surface area contributed by atoms with Crippen molar-refractivity contribution in [3.8, 4) is 0 Å². The molecule has 4 fully saturated rings. The maximum atomic E-state index is 14.4. The maximum Gasteiger partial charge on any atom is 0.246 e. The molecule has 3 heterocycles. The van der Waals surface area contributed by atoms with Gasteiger partial charge in [-0.2, -0.15) is 0 Å². The van der Waals surface area contributed by atoms with Gasteiger partial charge in [-0.05, 0) is 61.3 Å². The second-order valence-corrected chi connectivity index (χ2v) is 13.1. The van der Waals surface area contributed by atoms with E-state index in [9.17, 15) is 14.4 Å². The Hall–Kier alpha value is -2.38. The number of amides is 3. The molecule has 0 aromatic heterocycles. The van der Waals surface area contributed by atoms with Crippen molar-refractivity contribution in [3.63, 3.8) is 0 Å². The molecule has 1 spiro atoms.